The molecule has 2 N–H and O–H groups in total. The maximum Gasteiger partial charge on any atom is 0.255 e. The largest absolute Gasteiger partial charge is 0.457 e. The molecule has 0 spiro atoms. The molecule has 176 valence electrons. The lowest BCUT2D eigenvalue weighted by atomic mass is 10.1. The van der Waals surface area contributed by atoms with Gasteiger partial charge in [-0.25, -0.2) is 0 Å². The Bertz CT molecular complexity index is 1170. The Morgan fingerprint density at radius 1 is 0.543 bits per heavy atom. The van der Waals surface area contributed by atoms with E-state index in [0.717, 1.165) is 24.2 Å². The molecule has 0 saturated heterocycles. The number of carbonyl (C=O) groups excluding carboxylic acids is 2. The number of hydrogen-bond donors (Lipinski definition) is 2. The first-order valence-corrected chi connectivity index (χ1v) is 11.7. The van der Waals surface area contributed by atoms with Gasteiger partial charge in [-0.1, -0.05) is 38.1 Å². The molecule has 0 bridgehead atoms. The first-order chi connectivity index (χ1) is 17.0. The van der Waals surface area contributed by atoms with E-state index in [2.05, 4.69) is 24.5 Å². The van der Waals surface area contributed by atoms with Crippen molar-refractivity contribution in [1.82, 2.24) is 0 Å². The average Bonchev–Trinajstić information content (AvgIpc) is 2.90. The second kappa shape index (κ2) is 11.2. The molecule has 4 aromatic carbocycles. The van der Waals surface area contributed by atoms with E-state index in [1.807, 2.05) is 48.5 Å². The highest BCUT2D eigenvalue weighted by atomic mass is 16.5. The number of anilines is 2. The molecule has 0 aliphatic heterocycles. The zero-order valence-corrected chi connectivity index (χ0v) is 19.9. The van der Waals surface area contributed by atoms with Crippen molar-refractivity contribution >= 4 is 23.2 Å². The molecule has 0 saturated carbocycles. The van der Waals surface area contributed by atoms with Gasteiger partial charge in [0.15, 0.2) is 0 Å². The smallest absolute Gasteiger partial charge is 0.255 e. The Balaban J connectivity index is 1.33. The zero-order chi connectivity index (χ0) is 24.6. The maximum absolute atomic E-state index is 12.5. The van der Waals surface area contributed by atoms with Gasteiger partial charge in [0.2, 0.25) is 0 Å². The fraction of sp³-hybridized carbons (Fsp3) is 0.133. The molecule has 0 aliphatic carbocycles. The number of nitrogens with one attached hydrogen (secondary N) is 2. The van der Waals surface area contributed by atoms with Crippen LogP contribution in [0.3, 0.4) is 0 Å². The molecule has 4 aromatic rings. The molecule has 35 heavy (non-hydrogen) atoms. The van der Waals surface area contributed by atoms with Gasteiger partial charge in [0, 0.05) is 22.5 Å². The van der Waals surface area contributed by atoms with Gasteiger partial charge < -0.3 is 15.4 Å². The van der Waals surface area contributed by atoms with Gasteiger partial charge in [-0.3, -0.25) is 9.59 Å². The van der Waals surface area contributed by atoms with E-state index in [1.165, 1.54) is 11.1 Å². The highest BCUT2D eigenvalue weighted by molar-refractivity contribution is 6.05. The van der Waals surface area contributed by atoms with Gasteiger partial charge in [0.05, 0.1) is 0 Å². The van der Waals surface area contributed by atoms with Crippen LogP contribution in [0.5, 0.6) is 11.5 Å². The van der Waals surface area contributed by atoms with Crippen LogP contribution in [-0.4, -0.2) is 11.8 Å². The van der Waals surface area contributed by atoms with Crippen LogP contribution in [0.4, 0.5) is 11.4 Å². The van der Waals surface area contributed by atoms with E-state index < -0.39 is 0 Å². The number of benzene rings is 4. The quantitative estimate of drug-likeness (QED) is 0.292. The van der Waals surface area contributed by atoms with Crippen molar-refractivity contribution in [2.75, 3.05) is 10.6 Å². The topological polar surface area (TPSA) is 67.4 Å². The van der Waals surface area contributed by atoms with Crippen molar-refractivity contribution in [2.45, 2.75) is 26.7 Å². The number of carbonyl (C=O) groups is 2. The van der Waals surface area contributed by atoms with Gasteiger partial charge in [-0.15, -0.1) is 0 Å². The van der Waals surface area contributed by atoms with Crippen molar-refractivity contribution in [2.24, 2.45) is 0 Å². The predicted octanol–water partition coefficient (Wildman–Crippen LogP) is 7.11. The third kappa shape index (κ3) is 6.36. The molecular weight excluding hydrogens is 436 g/mol. The standard InChI is InChI=1S/C30H28N2O3/c1-3-21-5-13-25(14-6-21)31-29(33)23-9-17-27(18-10-23)35-28-19-11-24(12-20-28)30(34)32-26-15-7-22(4-2)8-16-26/h5-20H,3-4H2,1-2H3,(H,31,33)(H,32,34). The Labute approximate surface area is 205 Å². The van der Waals surface area contributed by atoms with Crippen LogP contribution in [0, 0.1) is 0 Å². The van der Waals surface area contributed by atoms with Crippen LogP contribution in [0.25, 0.3) is 0 Å². The van der Waals surface area contributed by atoms with E-state index in [4.69, 9.17) is 4.74 Å². The summed E-state index contributed by atoms with van der Waals surface area (Å²) in [7, 11) is 0. The fourth-order valence-corrected chi connectivity index (χ4v) is 3.54. The molecule has 0 aromatic heterocycles. The minimum atomic E-state index is -0.180. The highest BCUT2D eigenvalue weighted by Gasteiger charge is 2.09. The van der Waals surface area contributed by atoms with Crippen molar-refractivity contribution in [1.29, 1.82) is 0 Å². The van der Waals surface area contributed by atoms with E-state index in [-0.39, 0.29) is 11.8 Å². The summed E-state index contributed by atoms with van der Waals surface area (Å²) in [5, 5.41) is 5.80. The van der Waals surface area contributed by atoms with Gasteiger partial charge in [-0.2, -0.15) is 0 Å². The Kier molecular flexibility index (Phi) is 7.58. The number of hydrogen-bond acceptors (Lipinski definition) is 3. The zero-order valence-electron chi connectivity index (χ0n) is 19.9. The van der Waals surface area contributed by atoms with E-state index in [0.29, 0.717) is 22.6 Å². The summed E-state index contributed by atoms with van der Waals surface area (Å²) >= 11 is 0. The van der Waals surface area contributed by atoms with Crippen molar-refractivity contribution in [3.05, 3.63) is 119 Å². The summed E-state index contributed by atoms with van der Waals surface area (Å²) in [6, 6.07) is 29.5. The minimum absolute atomic E-state index is 0.180. The lowest BCUT2D eigenvalue weighted by molar-refractivity contribution is 0.101. The SMILES string of the molecule is CCc1ccc(NC(=O)c2ccc(Oc3ccc(C(=O)Nc4ccc(CC)cc4)cc3)cc2)cc1. The van der Waals surface area contributed by atoms with E-state index in [9.17, 15) is 9.59 Å². The molecule has 5 nitrogen and oxygen atoms in total. The second-order valence-electron chi connectivity index (χ2n) is 8.16. The van der Waals surface area contributed by atoms with Gasteiger partial charge in [0.25, 0.3) is 11.8 Å². The number of amides is 2. The lowest BCUT2D eigenvalue weighted by Crippen LogP contribution is -2.11. The molecule has 0 atom stereocenters. The van der Waals surface area contributed by atoms with Crippen LogP contribution in [-0.2, 0) is 12.8 Å². The molecular formula is C30H28N2O3. The van der Waals surface area contributed by atoms with E-state index >= 15 is 0 Å². The average molecular weight is 465 g/mol. The summed E-state index contributed by atoms with van der Waals surface area (Å²) in [5.74, 6) is 0.838. The highest BCUT2D eigenvalue weighted by Crippen LogP contribution is 2.23. The Morgan fingerprint density at radius 2 is 0.886 bits per heavy atom. The maximum atomic E-state index is 12.5. The van der Waals surface area contributed by atoms with Crippen LogP contribution in [0.1, 0.15) is 45.7 Å². The summed E-state index contributed by atoms with van der Waals surface area (Å²) in [6.07, 6.45) is 1.91. The fourth-order valence-electron chi connectivity index (χ4n) is 3.54. The van der Waals surface area contributed by atoms with Crippen molar-refractivity contribution < 1.29 is 14.3 Å². The van der Waals surface area contributed by atoms with Crippen LogP contribution < -0.4 is 15.4 Å². The first-order valence-electron chi connectivity index (χ1n) is 11.7. The second-order valence-corrected chi connectivity index (χ2v) is 8.16. The monoisotopic (exact) mass is 464 g/mol. The van der Waals surface area contributed by atoms with Crippen molar-refractivity contribution in [3.8, 4) is 11.5 Å². The summed E-state index contributed by atoms with van der Waals surface area (Å²) < 4.78 is 5.87. The normalized spacial score (nSPS) is 10.5. The summed E-state index contributed by atoms with van der Waals surface area (Å²) in [5.41, 5.74) is 5.04. The lowest BCUT2D eigenvalue weighted by Gasteiger charge is -2.09. The third-order valence-corrected chi connectivity index (χ3v) is 5.71. The predicted molar refractivity (Wildman–Crippen MR) is 141 cm³/mol. The van der Waals surface area contributed by atoms with Crippen LogP contribution in [0.15, 0.2) is 97.1 Å². The Hall–Kier alpha value is -4.38. The number of rotatable bonds is 8. The van der Waals surface area contributed by atoms with Gasteiger partial charge in [0.1, 0.15) is 11.5 Å². The molecule has 0 unspecified atom stereocenters. The van der Waals surface area contributed by atoms with Gasteiger partial charge >= 0.3 is 0 Å². The molecule has 0 heterocycles. The minimum Gasteiger partial charge on any atom is -0.457 e. The number of aryl methyl sites for hydroxylation is 2. The molecule has 0 aliphatic rings. The summed E-state index contributed by atoms with van der Waals surface area (Å²) in [4.78, 5) is 25.0. The van der Waals surface area contributed by atoms with Crippen molar-refractivity contribution in [3.63, 3.8) is 0 Å². The molecule has 0 fully saturated rings. The molecule has 4 rings (SSSR count). The molecule has 0 radical (unpaired) electrons. The number of ether oxygens (including phenoxy) is 1. The molecule has 2 amide bonds. The summed E-state index contributed by atoms with van der Waals surface area (Å²) in [6.45, 7) is 4.19. The van der Waals surface area contributed by atoms with E-state index in [1.54, 1.807) is 48.5 Å². The third-order valence-electron chi connectivity index (χ3n) is 5.71. The first kappa shape index (κ1) is 23.8. The Morgan fingerprint density at radius 3 is 1.20 bits per heavy atom. The van der Waals surface area contributed by atoms with Crippen LogP contribution in [0.2, 0.25) is 0 Å². The van der Waals surface area contributed by atoms with Gasteiger partial charge in [-0.05, 0) is 96.8 Å². The molecule has 5 heteroatoms. The van der Waals surface area contributed by atoms with Crippen LogP contribution >= 0.6 is 0 Å².